The van der Waals surface area contributed by atoms with Gasteiger partial charge in [0.05, 0.1) is 0 Å². The summed E-state index contributed by atoms with van der Waals surface area (Å²) in [6, 6.07) is 7.83. The quantitative estimate of drug-likeness (QED) is 0.905. The Morgan fingerprint density at radius 2 is 2.29 bits per heavy atom. The molecule has 116 valence electrons. The zero-order valence-electron chi connectivity index (χ0n) is 13.3. The van der Waals surface area contributed by atoms with Crippen molar-refractivity contribution in [1.29, 1.82) is 0 Å². The van der Waals surface area contributed by atoms with Gasteiger partial charge < -0.3 is 15.4 Å². The Balaban J connectivity index is 2.02. The van der Waals surface area contributed by atoms with Gasteiger partial charge in [0.25, 0.3) is 5.91 Å². The van der Waals surface area contributed by atoms with Crippen LogP contribution in [0.1, 0.15) is 32.3 Å². The van der Waals surface area contributed by atoms with E-state index in [0.717, 1.165) is 30.8 Å². The summed E-state index contributed by atoms with van der Waals surface area (Å²) < 4.78 is 5.90. The van der Waals surface area contributed by atoms with Gasteiger partial charge in [0.15, 0.2) is 6.10 Å². The fraction of sp³-hybridized carbons (Fsp3) is 0.588. The van der Waals surface area contributed by atoms with Crippen molar-refractivity contribution in [1.82, 2.24) is 4.90 Å². The lowest BCUT2D eigenvalue weighted by Gasteiger charge is -2.26. The molecular formula is C17H26N2O2. The molecule has 2 rings (SSSR count). The van der Waals surface area contributed by atoms with Crippen molar-refractivity contribution in [3.8, 4) is 5.75 Å². The summed E-state index contributed by atoms with van der Waals surface area (Å²) in [6.45, 7) is 8.27. The highest BCUT2D eigenvalue weighted by Crippen LogP contribution is 2.29. The fourth-order valence-corrected chi connectivity index (χ4v) is 2.74. The predicted molar refractivity (Wildman–Crippen MR) is 84.2 cm³/mol. The molecule has 2 atom stereocenters. The lowest BCUT2D eigenvalue weighted by Crippen LogP contribution is -2.42. The van der Waals surface area contributed by atoms with Gasteiger partial charge in [-0.3, -0.25) is 4.79 Å². The molecule has 4 nitrogen and oxygen atoms in total. The molecule has 0 spiro atoms. The molecule has 0 radical (unpaired) electrons. The van der Waals surface area contributed by atoms with E-state index in [1.165, 1.54) is 0 Å². The third-order valence-corrected chi connectivity index (χ3v) is 4.28. The highest BCUT2D eigenvalue weighted by atomic mass is 16.5. The molecule has 1 fully saturated rings. The number of nitrogens with zero attached hydrogens (tertiary/aromatic N) is 1. The van der Waals surface area contributed by atoms with Crippen molar-refractivity contribution in [3.63, 3.8) is 0 Å². The lowest BCUT2D eigenvalue weighted by molar-refractivity contribution is -0.138. The van der Waals surface area contributed by atoms with Crippen LogP contribution in [0.3, 0.4) is 0 Å². The van der Waals surface area contributed by atoms with Crippen LogP contribution in [-0.2, 0) is 4.79 Å². The Morgan fingerprint density at radius 1 is 1.52 bits per heavy atom. The van der Waals surface area contributed by atoms with Crippen LogP contribution in [0.25, 0.3) is 0 Å². The summed E-state index contributed by atoms with van der Waals surface area (Å²) in [6.07, 6.45) is 1.23. The molecule has 0 aromatic heterocycles. The number of ether oxygens (including phenoxy) is 1. The molecule has 2 unspecified atom stereocenters. The molecular weight excluding hydrogens is 264 g/mol. The minimum absolute atomic E-state index is 0.0529. The lowest BCUT2D eigenvalue weighted by atomic mass is 9.90. The van der Waals surface area contributed by atoms with Crippen molar-refractivity contribution in [2.24, 2.45) is 11.1 Å². The first-order valence-corrected chi connectivity index (χ1v) is 7.69. The number of likely N-dealkylation sites (tertiary alicyclic amines) is 1. The third kappa shape index (κ3) is 3.76. The van der Waals surface area contributed by atoms with E-state index in [1.54, 1.807) is 0 Å². The molecule has 1 aliphatic rings. The fourth-order valence-electron chi connectivity index (χ4n) is 2.74. The first-order chi connectivity index (χ1) is 9.97. The second kappa shape index (κ2) is 6.48. The number of nitrogens with two attached hydrogens (primary N) is 1. The van der Waals surface area contributed by atoms with E-state index < -0.39 is 6.10 Å². The van der Waals surface area contributed by atoms with E-state index in [-0.39, 0.29) is 11.3 Å². The van der Waals surface area contributed by atoms with Gasteiger partial charge in [-0.1, -0.05) is 26.0 Å². The predicted octanol–water partition coefficient (Wildman–Crippen LogP) is 2.35. The number of amides is 1. The van der Waals surface area contributed by atoms with Crippen LogP contribution >= 0.6 is 0 Å². The third-order valence-electron chi connectivity index (χ3n) is 4.28. The number of carbonyl (C=O) groups is 1. The maximum absolute atomic E-state index is 12.6. The van der Waals surface area contributed by atoms with E-state index in [2.05, 4.69) is 6.92 Å². The van der Waals surface area contributed by atoms with Crippen molar-refractivity contribution < 1.29 is 9.53 Å². The van der Waals surface area contributed by atoms with Crippen molar-refractivity contribution in [3.05, 3.63) is 29.8 Å². The minimum Gasteiger partial charge on any atom is -0.481 e. The van der Waals surface area contributed by atoms with Crippen LogP contribution in [0, 0.1) is 12.3 Å². The Labute approximate surface area is 127 Å². The van der Waals surface area contributed by atoms with Gasteiger partial charge in [0.2, 0.25) is 0 Å². The van der Waals surface area contributed by atoms with Gasteiger partial charge in [-0.2, -0.15) is 0 Å². The maximum atomic E-state index is 12.6. The summed E-state index contributed by atoms with van der Waals surface area (Å²) >= 11 is 0. The molecule has 0 saturated carbocycles. The molecule has 1 aliphatic heterocycles. The first-order valence-electron chi connectivity index (χ1n) is 7.69. The number of aryl methyl sites for hydroxylation is 1. The number of benzene rings is 1. The van der Waals surface area contributed by atoms with E-state index >= 15 is 0 Å². The summed E-state index contributed by atoms with van der Waals surface area (Å²) in [5, 5.41) is 0. The summed E-state index contributed by atoms with van der Waals surface area (Å²) in [7, 11) is 0. The Hall–Kier alpha value is -1.55. The average Bonchev–Trinajstić information content (AvgIpc) is 2.87. The van der Waals surface area contributed by atoms with Crippen LogP contribution in [0.2, 0.25) is 0 Å². The van der Waals surface area contributed by atoms with Gasteiger partial charge in [-0.25, -0.2) is 0 Å². The summed E-state index contributed by atoms with van der Waals surface area (Å²) in [5.74, 6) is 0.840. The largest absolute Gasteiger partial charge is 0.481 e. The maximum Gasteiger partial charge on any atom is 0.263 e. The number of carbonyl (C=O) groups excluding carboxylic acids is 1. The monoisotopic (exact) mass is 290 g/mol. The van der Waals surface area contributed by atoms with Crippen LogP contribution in [0.4, 0.5) is 0 Å². The SMILES string of the molecule is CCC(Oc1cccc(C)c1)C(=O)N1CCC(C)(CN)C1. The Kier molecular flexibility index (Phi) is 4.88. The standard InChI is InChI=1S/C17H26N2O2/c1-4-15(21-14-7-5-6-13(2)10-14)16(20)19-9-8-17(3,11-18)12-19/h5-7,10,15H,4,8-9,11-12,18H2,1-3H3. The zero-order valence-corrected chi connectivity index (χ0v) is 13.3. The topological polar surface area (TPSA) is 55.6 Å². The minimum atomic E-state index is -0.410. The molecule has 4 heteroatoms. The number of hydrogen-bond acceptors (Lipinski definition) is 3. The zero-order chi connectivity index (χ0) is 15.5. The van der Waals surface area contributed by atoms with Crippen LogP contribution < -0.4 is 10.5 Å². The smallest absolute Gasteiger partial charge is 0.263 e. The van der Waals surface area contributed by atoms with Gasteiger partial charge >= 0.3 is 0 Å². The number of hydrogen-bond donors (Lipinski definition) is 1. The normalized spacial score (nSPS) is 23.1. The van der Waals surface area contributed by atoms with Crippen molar-refractivity contribution in [2.45, 2.75) is 39.7 Å². The molecule has 0 aliphatic carbocycles. The second-order valence-electron chi connectivity index (χ2n) is 6.36. The van der Waals surface area contributed by atoms with Crippen molar-refractivity contribution >= 4 is 5.91 Å². The number of rotatable bonds is 5. The van der Waals surface area contributed by atoms with E-state index in [0.29, 0.717) is 13.0 Å². The first kappa shape index (κ1) is 15.8. The van der Waals surface area contributed by atoms with E-state index in [9.17, 15) is 4.79 Å². The van der Waals surface area contributed by atoms with E-state index in [1.807, 2.05) is 43.0 Å². The van der Waals surface area contributed by atoms with Gasteiger partial charge in [0.1, 0.15) is 5.75 Å². The molecule has 0 bridgehead atoms. The Bertz CT molecular complexity index is 503. The van der Waals surface area contributed by atoms with Crippen molar-refractivity contribution in [2.75, 3.05) is 19.6 Å². The summed E-state index contributed by atoms with van der Waals surface area (Å²) in [5.41, 5.74) is 6.99. The van der Waals surface area contributed by atoms with Gasteiger partial charge in [-0.05, 0) is 49.4 Å². The van der Waals surface area contributed by atoms with Crippen LogP contribution in [0.5, 0.6) is 5.75 Å². The highest BCUT2D eigenvalue weighted by Gasteiger charge is 2.37. The van der Waals surface area contributed by atoms with Crippen LogP contribution in [0.15, 0.2) is 24.3 Å². The second-order valence-corrected chi connectivity index (χ2v) is 6.36. The highest BCUT2D eigenvalue weighted by molar-refractivity contribution is 5.81. The Morgan fingerprint density at radius 3 is 2.86 bits per heavy atom. The molecule has 1 aromatic rings. The van der Waals surface area contributed by atoms with Crippen LogP contribution in [-0.4, -0.2) is 36.5 Å². The molecule has 1 saturated heterocycles. The molecule has 2 N–H and O–H groups in total. The molecule has 1 amide bonds. The summed E-state index contributed by atoms with van der Waals surface area (Å²) in [4.78, 5) is 14.5. The average molecular weight is 290 g/mol. The molecule has 1 heterocycles. The van der Waals surface area contributed by atoms with E-state index in [4.69, 9.17) is 10.5 Å². The molecule has 1 aromatic carbocycles. The van der Waals surface area contributed by atoms with Gasteiger partial charge in [-0.15, -0.1) is 0 Å². The molecule has 21 heavy (non-hydrogen) atoms. The van der Waals surface area contributed by atoms with Gasteiger partial charge in [0, 0.05) is 13.1 Å².